The summed E-state index contributed by atoms with van der Waals surface area (Å²) >= 11 is 10.9. The van der Waals surface area contributed by atoms with E-state index in [1.54, 1.807) is 12.1 Å². The van der Waals surface area contributed by atoms with Gasteiger partial charge in [-0.15, -0.1) is 22.0 Å². The molecule has 3 amide bonds. The van der Waals surface area contributed by atoms with E-state index in [0.717, 1.165) is 4.90 Å². The molecule has 3 atom stereocenters. The number of thiocarbonyl (C=S) groups is 1. The predicted octanol–water partition coefficient (Wildman–Crippen LogP) is 2.17. The van der Waals surface area contributed by atoms with Gasteiger partial charge in [0.25, 0.3) is 17.7 Å². The van der Waals surface area contributed by atoms with Crippen molar-refractivity contribution in [3.63, 3.8) is 0 Å². The molecule has 4 N–H and O–H groups in total. The number of fused-ring (bicyclic) bond motifs is 2. The number of imide groups is 1. The fourth-order valence-electron chi connectivity index (χ4n) is 4.95. The molecule has 232 valence electrons. The van der Waals surface area contributed by atoms with Crippen molar-refractivity contribution >= 4 is 93.5 Å². The number of aliphatic hydroxyl groups is 1. The molecule has 2 aromatic rings. The summed E-state index contributed by atoms with van der Waals surface area (Å²) in [6.45, 7) is 0.0221. The van der Waals surface area contributed by atoms with Crippen molar-refractivity contribution in [3.8, 4) is 0 Å². The molecule has 1 aromatic heterocycles. The van der Waals surface area contributed by atoms with Crippen molar-refractivity contribution in [1.29, 1.82) is 0 Å². The van der Waals surface area contributed by atoms with Crippen LogP contribution in [0.1, 0.15) is 40.0 Å². The SMILES string of the molecule is O=C(O)C1=C(CSc2nnc(SCCO)s2)CS[C@H]2C(NC(=S)CCCC(C(=O)O)N3C(=O)c4ccccc4C3=O)C(=O)N12. The Morgan fingerprint density at radius 3 is 2.36 bits per heavy atom. The quantitative estimate of drug-likeness (QED) is 0.0973. The van der Waals surface area contributed by atoms with Crippen LogP contribution in [0, 0.1) is 0 Å². The van der Waals surface area contributed by atoms with Gasteiger partial charge in [-0.05, 0) is 37.0 Å². The van der Waals surface area contributed by atoms with Crippen LogP contribution in [0.2, 0.25) is 0 Å². The second-order valence-electron chi connectivity index (χ2n) is 9.68. The number of aliphatic carboxylic acids is 2. The molecule has 0 radical (unpaired) electrons. The van der Waals surface area contributed by atoms with Crippen molar-refractivity contribution in [1.82, 2.24) is 25.3 Å². The number of thioether (sulfide) groups is 3. The van der Waals surface area contributed by atoms with Gasteiger partial charge in [0.1, 0.15) is 23.2 Å². The number of carboxylic acids is 2. The lowest BCUT2D eigenvalue weighted by molar-refractivity contribution is -0.148. The van der Waals surface area contributed by atoms with Gasteiger partial charge in [-0.2, -0.15) is 0 Å². The fraction of sp³-hybridized carbons (Fsp3) is 0.385. The number of nitrogens with zero attached hydrogens (tertiary/aromatic N) is 4. The van der Waals surface area contributed by atoms with Gasteiger partial charge in [-0.1, -0.05) is 59.2 Å². The average Bonchev–Trinajstić information content (AvgIpc) is 3.56. The topological polar surface area (TPSA) is 190 Å². The highest BCUT2D eigenvalue weighted by Crippen LogP contribution is 2.42. The highest BCUT2D eigenvalue weighted by molar-refractivity contribution is 8.03. The largest absolute Gasteiger partial charge is 0.480 e. The number of β-lactam (4-membered cyclic amide) rings is 1. The smallest absolute Gasteiger partial charge is 0.352 e. The minimum atomic E-state index is -1.37. The maximum Gasteiger partial charge on any atom is 0.352 e. The number of carbonyl (C=O) groups is 5. The molecule has 0 saturated carbocycles. The molecule has 1 fully saturated rings. The number of aliphatic hydroxyl groups excluding tert-OH is 1. The summed E-state index contributed by atoms with van der Waals surface area (Å²) in [5, 5.41) is 39.3. The third-order valence-electron chi connectivity index (χ3n) is 6.94. The number of rotatable bonds is 14. The van der Waals surface area contributed by atoms with Crippen LogP contribution in [-0.2, 0) is 14.4 Å². The Hall–Kier alpha value is -3.03. The average molecular weight is 696 g/mol. The van der Waals surface area contributed by atoms with Gasteiger partial charge < -0.3 is 20.6 Å². The van der Waals surface area contributed by atoms with Crippen LogP contribution >= 0.6 is 58.8 Å². The summed E-state index contributed by atoms with van der Waals surface area (Å²) in [6, 6.07) is 4.07. The zero-order chi connectivity index (χ0) is 31.5. The van der Waals surface area contributed by atoms with E-state index in [2.05, 4.69) is 15.5 Å². The first kappa shape index (κ1) is 32.4. The predicted molar refractivity (Wildman–Crippen MR) is 168 cm³/mol. The monoisotopic (exact) mass is 695 g/mol. The van der Waals surface area contributed by atoms with Crippen LogP contribution in [0.15, 0.2) is 44.2 Å². The van der Waals surface area contributed by atoms with Crippen molar-refractivity contribution in [2.24, 2.45) is 0 Å². The van der Waals surface area contributed by atoms with Crippen LogP contribution in [-0.4, -0.2) is 111 Å². The summed E-state index contributed by atoms with van der Waals surface area (Å²) < 4.78 is 1.36. The van der Waals surface area contributed by atoms with Crippen LogP contribution in [0.3, 0.4) is 0 Å². The number of benzene rings is 1. The van der Waals surface area contributed by atoms with Crippen molar-refractivity contribution in [3.05, 3.63) is 46.7 Å². The van der Waals surface area contributed by atoms with E-state index in [1.807, 2.05) is 0 Å². The maximum atomic E-state index is 13.1. The first-order valence-electron chi connectivity index (χ1n) is 13.2. The summed E-state index contributed by atoms with van der Waals surface area (Å²) in [5.41, 5.74) is 0.863. The van der Waals surface area contributed by atoms with Crippen molar-refractivity contribution < 1.29 is 39.3 Å². The standard InChI is InChI=1S/C26H25N5O8S5/c32-8-9-41-25-28-29-26(44-25)43-11-12-10-42-22-17(21(35)31(22)18(12)24(38)39)27-16(40)7-3-6-15(23(36)37)30-19(33)13-4-1-2-5-14(13)20(30)34/h1-2,4-5,15,17,22,32H,3,6-11H2,(H,27,40)(H,36,37)(H,38,39)/t15?,17?,22-/m0/s1. The van der Waals surface area contributed by atoms with Gasteiger partial charge in [0.2, 0.25) is 0 Å². The number of hydrogen-bond donors (Lipinski definition) is 4. The Bertz CT molecular complexity index is 1530. The molecule has 0 bridgehead atoms. The van der Waals surface area contributed by atoms with Gasteiger partial charge in [-0.25, -0.2) is 9.59 Å². The van der Waals surface area contributed by atoms with E-state index < -0.39 is 47.1 Å². The fourth-order valence-corrected chi connectivity index (χ4v) is 9.53. The highest BCUT2D eigenvalue weighted by Gasteiger charge is 2.53. The minimum Gasteiger partial charge on any atom is -0.480 e. The van der Waals surface area contributed by atoms with Crippen LogP contribution < -0.4 is 5.32 Å². The number of carbonyl (C=O) groups excluding carboxylic acids is 3. The Kier molecular flexibility index (Phi) is 10.3. The molecule has 13 nitrogen and oxygen atoms in total. The molecule has 1 aromatic carbocycles. The van der Waals surface area contributed by atoms with Crippen molar-refractivity contribution in [2.45, 2.75) is 45.4 Å². The lowest BCUT2D eigenvalue weighted by Gasteiger charge is -2.49. The molecule has 0 spiro atoms. The van der Waals surface area contributed by atoms with Gasteiger partial charge in [0, 0.05) is 17.3 Å². The van der Waals surface area contributed by atoms with E-state index in [0.29, 0.717) is 36.5 Å². The highest BCUT2D eigenvalue weighted by atomic mass is 32.2. The van der Waals surface area contributed by atoms with E-state index in [4.69, 9.17) is 17.3 Å². The number of nitrogens with one attached hydrogen (secondary N) is 1. The van der Waals surface area contributed by atoms with Gasteiger partial charge >= 0.3 is 11.9 Å². The molecule has 3 aliphatic rings. The van der Waals surface area contributed by atoms with Gasteiger partial charge in [0.05, 0.1) is 22.7 Å². The Morgan fingerprint density at radius 2 is 1.75 bits per heavy atom. The molecule has 44 heavy (non-hydrogen) atoms. The molecular weight excluding hydrogens is 671 g/mol. The summed E-state index contributed by atoms with van der Waals surface area (Å²) in [7, 11) is 0. The van der Waals surface area contributed by atoms with Crippen molar-refractivity contribution in [2.75, 3.05) is 23.9 Å². The van der Waals surface area contributed by atoms with E-state index in [9.17, 15) is 34.2 Å². The van der Waals surface area contributed by atoms with E-state index in [1.165, 1.54) is 63.7 Å². The first-order valence-corrected chi connectivity index (χ1v) is 17.5. The molecular formula is C26H25N5O8S5. The van der Waals surface area contributed by atoms with E-state index in [-0.39, 0.29) is 42.7 Å². The minimum absolute atomic E-state index is 0.0221. The maximum absolute atomic E-state index is 13.1. The van der Waals surface area contributed by atoms with Gasteiger partial charge in [0.15, 0.2) is 8.68 Å². The second kappa shape index (κ2) is 13.9. The molecule has 18 heteroatoms. The van der Waals surface area contributed by atoms with E-state index >= 15 is 0 Å². The normalized spacial score (nSPS) is 19.9. The zero-order valence-corrected chi connectivity index (χ0v) is 26.8. The molecule has 1 saturated heterocycles. The second-order valence-corrected chi connectivity index (χ2v) is 14.8. The van der Waals surface area contributed by atoms with Gasteiger partial charge in [-0.3, -0.25) is 24.2 Å². The third-order valence-corrected chi connectivity index (χ3v) is 11.9. The molecule has 4 heterocycles. The number of carboxylic acid groups (broad SMARTS) is 2. The summed E-state index contributed by atoms with van der Waals surface area (Å²) in [5.74, 6) is -3.05. The Balaban J connectivity index is 1.15. The lowest BCUT2D eigenvalue weighted by Crippen LogP contribution is -2.70. The van der Waals surface area contributed by atoms with Crippen LogP contribution in [0.4, 0.5) is 0 Å². The van der Waals surface area contributed by atoms with Crippen LogP contribution in [0.25, 0.3) is 0 Å². The Labute approximate surface area is 272 Å². The number of aromatic nitrogens is 2. The number of amides is 3. The molecule has 0 aliphatic carbocycles. The number of hydrogen-bond acceptors (Lipinski definition) is 13. The Morgan fingerprint density at radius 1 is 1.09 bits per heavy atom. The first-order chi connectivity index (χ1) is 21.1. The molecule has 2 unspecified atom stereocenters. The van der Waals surface area contributed by atoms with Crippen LogP contribution in [0.5, 0.6) is 0 Å². The zero-order valence-electron chi connectivity index (χ0n) is 22.7. The molecule has 5 rings (SSSR count). The lowest BCUT2D eigenvalue weighted by atomic mass is 10.0. The third kappa shape index (κ3) is 6.50. The molecule has 3 aliphatic heterocycles. The summed E-state index contributed by atoms with van der Waals surface area (Å²) in [6.07, 6.45) is 0.397. The summed E-state index contributed by atoms with van der Waals surface area (Å²) in [4.78, 5) is 65.1.